The van der Waals surface area contributed by atoms with Gasteiger partial charge in [-0.25, -0.2) is 9.59 Å². The Balaban J connectivity index is 1.42. The molecule has 1 aliphatic rings. The summed E-state index contributed by atoms with van der Waals surface area (Å²) >= 11 is 0. The minimum atomic E-state index is -0.284. The number of hydrogen-bond acceptors (Lipinski definition) is 2. The second kappa shape index (κ2) is 11.4. The van der Waals surface area contributed by atoms with E-state index in [0.717, 1.165) is 28.7 Å². The molecule has 0 saturated carbocycles. The molecule has 0 bridgehead atoms. The van der Waals surface area contributed by atoms with Gasteiger partial charge in [0.2, 0.25) is 0 Å². The van der Waals surface area contributed by atoms with Crippen molar-refractivity contribution in [3.8, 4) is 0 Å². The van der Waals surface area contributed by atoms with Crippen molar-refractivity contribution in [1.82, 2.24) is 16.0 Å². The first-order chi connectivity index (χ1) is 15.6. The summed E-state index contributed by atoms with van der Waals surface area (Å²) in [6.07, 6.45) is 10.2. The first kappa shape index (κ1) is 22.6. The number of amides is 4. The van der Waals surface area contributed by atoms with Crippen molar-refractivity contribution in [2.45, 2.75) is 25.6 Å². The van der Waals surface area contributed by atoms with Crippen molar-refractivity contribution in [3.05, 3.63) is 108 Å². The van der Waals surface area contributed by atoms with Crippen LogP contribution in [-0.4, -0.2) is 18.1 Å². The summed E-state index contributed by atoms with van der Waals surface area (Å²) in [5.41, 5.74) is 4.66. The highest BCUT2D eigenvalue weighted by atomic mass is 16.2. The molecule has 1 aliphatic carbocycles. The van der Waals surface area contributed by atoms with Crippen molar-refractivity contribution in [1.29, 1.82) is 0 Å². The van der Waals surface area contributed by atoms with Gasteiger partial charge < -0.3 is 21.3 Å². The van der Waals surface area contributed by atoms with Crippen molar-refractivity contribution >= 4 is 23.8 Å². The van der Waals surface area contributed by atoms with Gasteiger partial charge in [0.25, 0.3) is 0 Å². The fraction of sp³-hybridized carbons (Fsp3) is 0.154. The van der Waals surface area contributed by atoms with E-state index in [1.807, 2.05) is 66.8 Å². The molecule has 0 saturated heterocycles. The Morgan fingerprint density at radius 1 is 0.938 bits per heavy atom. The largest absolute Gasteiger partial charge is 0.334 e. The summed E-state index contributed by atoms with van der Waals surface area (Å²) in [6.45, 7) is 8.22. The molecule has 0 aromatic heterocycles. The number of allylic oxidation sites excluding steroid dienone is 3. The van der Waals surface area contributed by atoms with E-state index in [0.29, 0.717) is 18.8 Å². The van der Waals surface area contributed by atoms with Crippen LogP contribution in [0.5, 0.6) is 0 Å². The second-order valence-electron chi connectivity index (χ2n) is 7.39. The van der Waals surface area contributed by atoms with Gasteiger partial charge in [0.15, 0.2) is 0 Å². The molecule has 0 aliphatic heterocycles. The molecule has 4 amide bonds. The molecule has 0 radical (unpaired) electrons. The Kier molecular flexibility index (Phi) is 8.03. The maximum Gasteiger partial charge on any atom is 0.319 e. The van der Waals surface area contributed by atoms with E-state index < -0.39 is 0 Å². The quantitative estimate of drug-likeness (QED) is 0.483. The fourth-order valence-corrected chi connectivity index (χ4v) is 3.21. The summed E-state index contributed by atoms with van der Waals surface area (Å²) in [5.74, 6) is 0. The van der Waals surface area contributed by atoms with E-state index in [1.165, 1.54) is 0 Å². The maximum atomic E-state index is 12.2. The van der Waals surface area contributed by atoms with Gasteiger partial charge in [-0.15, -0.1) is 0 Å². The Morgan fingerprint density at radius 3 is 2.22 bits per heavy atom. The Hall–Kier alpha value is -4.06. The van der Waals surface area contributed by atoms with Crippen molar-refractivity contribution < 1.29 is 9.59 Å². The summed E-state index contributed by atoms with van der Waals surface area (Å²) in [4.78, 5) is 24.3. The predicted octanol–water partition coefficient (Wildman–Crippen LogP) is 4.89. The second-order valence-corrected chi connectivity index (χ2v) is 7.39. The van der Waals surface area contributed by atoms with E-state index in [1.54, 1.807) is 12.2 Å². The van der Waals surface area contributed by atoms with E-state index in [9.17, 15) is 9.59 Å². The van der Waals surface area contributed by atoms with Gasteiger partial charge in [-0.05, 0) is 40.8 Å². The number of nitrogens with one attached hydrogen (secondary N) is 4. The van der Waals surface area contributed by atoms with Gasteiger partial charge in [-0.1, -0.05) is 79.9 Å². The first-order valence-electron chi connectivity index (χ1n) is 10.5. The molecule has 32 heavy (non-hydrogen) atoms. The van der Waals surface area contributed by atoms with E-state index >= 15 is 0 Å². The van der Waals surface area contributed by atoms with E-state index in [-0.39, 0.29) is 18.1 Å². The van der Waals surface area contributed by atoms with Crippen LogP contribution in [0.25, 0.3) is 6.08 Å². The zero-order chi connectivity index (χ0) is 22.8. The highest BCUT2D eigenvalue weighted by Gasteiger charge is 2.11. The lowest BCUT2D eigenvalue weighted by Gasteiger charge is -2.17. The van der Waals surface area contributed by atoms with Crippen molar-refractivity contribution in [2.24, 2.45) is 0 Å². The normalized spacial score (nSPS) is 14.6. The van der Waals surface area contributed by atoms with Crippen LogP contribution in [0.1, 0.15) is 23.1 Å². The highest BCUT2D eigenvalue weighted by molar-refractivity contribution is 5.89. The molecule has 0 fully saturated rings. The molecular weight excluding hydrogens is 400 g/mol. The van der Waals surface area contributed by atoms with E-state index in [2.05, 4.69) is 34.4 Å². The van der Waals surface area contributed by atoms with Crippen LogP contribution < -0.4 is 21.3 Å². The Morgan fingerprint density at radius 2 is 1.62 bits per heavy atom. The van der Waals surface area contributed by atoms with Gasteiger partial charge in [0, 0.05) is 18.8 Å². The molecule has 3 rings (SSSR count). The molecule has 0 spiro atoms. The van der Waals surface area contributed by atoms with Crippen molar-refractivity contribution in [3.63, 3.8) is 0 Å². The molecule has 164 valence electrons. The fourth-order valence-electron chi connectivity index (χ4n) is 3.21. The third-order valence-electron chi connectivity index (χ3n) is 4.98. The monoisotopic (exact) mass is 428 g/mol. The third kappa shape index (κ3) is 7.02. The van der Waals surface area contributed by atoms with Crippen LogP contribution >= 0.6 is 0 Å². The molecule has 6 heteroatoms. The zero-order valence-corrected chi connectivity index (χ0v) is 17.9. The van der Waals surface area contributed by atoms with Crippen molar-refractivity contribution in [2.75, 3.05) is 5.32 Å². The standard InChI is InChI=1S/C26H28N4O2/c1-3-19-8-12-23(13-9-19)29-25(31)27-17-21-6-5-7-22(16-21)18-28-26(32)30-24-14-10-20(4-2)11-15-24/h3-14,16,24H,1-2,15,17-18H2,(H2,27,29,31)(H2,28,30,32). The van der Waals surface area contributed by atoms with Gasteiger partial charge in [-0.2, -0.15) is 0 Å². The maximum absolute atomic E-state index is 12.2. The third-order valence-corrected chi connectivity index (χ3v) is 4.98. The van der Waals surface area contributed by atoms with Gasteiger partial charge >= 0.3 is 12.1 Å². The van der Waals surface area contributed by atoms with Crippen LogP contribution in [-0.2, 0) is 13.1 Å². The average molecular weight is 429 g/mol. The Bertz CT molecular complexity index is 1040. The smallest absolute Gasteiger partial charge is 0.319 e. The number of carbonyl (C=O) groups is 2. The molecule has 6 nitrogen and oxygen atoms in total. The number of urea groups is 2. The molecule has 1 unspecified atom stereocenters. The van der Waals surface area contributed by atoms with Crippen LogP contribution in [0.3, 0.4) is 0 Å². The van der Waals surface area contributed by atoms with E-state index in [4.69, 9.17) is 0 Å². The minimum absolute atomic E-state index is 0.0271. The highest BCUT2D eigenvalue weighted by Crippen LogP contribution is 2.12. The van der Waals surface area contributed by atoms with Crippen LogP contribution in [0, 0.1) is 0 Å². The van der Waals surface area contributed by atoms with Crippen LogP contribution in [0.2, 0.25) is 0 Å². The number of carbonyl (C=O) groups excluding carboxylic acids is 2. The topological polar surface area (TPSA) is 82.3 Å². The SMILES string of the molecule is C=CC1=CCC(NC(=O)NCc2cccc(CNC(=O)Nc3ccc(C=C)cc3)c2)C=C1. The summed E-state index contributed by atoms with van der Waals surface area (Å²) in [6, 6.07) is 14.6. The molecule has 1 atom stereocenters. The molecular formula is C26H28N4O2. The summed E-state index contributed by atoms with van der Waals surface area (Å²) in [5, 5.41) is 11.4. The number of hydrogen-bond donors (Lipinski definition) is 4. The molecule has 4 N–H and O–H groups in total. The number of anilines is 1. The number of benzene rings is 2. The summed E-state index contributed by atoms with van der Waals surface area (Å²) < 4.78 is 0. The summed E-state index contributed by atoms with van der Waals surface area (Å²) in [7, 11) is 0. The number of rotatable bonds is 8. The first-order valence-corrected chi connectivity index (χ1v) is 10.5. The average Bonchev–Trinajstić information content (AvgIpc) is 2.83. The van der Waals surface area contributed by atoms with Crippen LogP contribution in [0.15, 0.2) is 91.6 Å². The minimum Gasteiger partial charge on any atom is -0.334 e. The predicted molar refractivity (Wildman–Crippen MR) is 130 cm³/mol. The zero-order valence-electron chi connectivity index (χ0n) is 17.9. The van der Waals surface area contributed by atoms with Gasteiger partial charge in [0.1, 0.15) is 0 Å². The van der Waals surface area contributed by atoms with Crippen LogP contribution in [0.4, 0.5) is 15.3 Å². The lowest BCUT2D eigenvalue weighted by Crippen LogP contribution is -2.41. The Labute approximate surface area is 188 Å². The lowest BCUT2D eigenvalue weighted by molar-refractivity contribution is 0.238. The molecule has 0 heterocycles. The molecule has 2 aromatic rings. The molecule has 2 aromatic carbocycles. The van der Waals surface area contributed by atoms with Gasteiger partial charge in [-0.3, -0.25) is 0 Å². The van der Waals surface area contributed by atoms with Gasteiger partial charge in [0.05, 0.1) is 6.04 Å². The lowest BCUT2D eigenvalue weighted by atomic mass is 10.0.